The van der Waals surface area contributed by atoms with Crippen LogP contribution in [0, 0.1) is 0 Å². The summed E-state index contributed by atoms with van der Waals surface area (Å²) in [5, 5.41) is 3.38. The van der Waals surface area contributed by atoms with Gasteiger partial charge in [0.05, 0.1) is 12.7 Å². The first kappa shape index (κ1) is 13.4. The Bertz CT molecular complexity index is 489. The summed E-state index contributed by atoms with van der Waals surface area (Å²) >= 11 is 0. The van der Waals surface area contributed by atoms with E-state index in [0.717, 1.165) is 26.1 Å². The number of rotatable bonds is 3. The second-order valence-electron chi connectivity index (χ2n) is 5.61. The molecule has 2 aliphatic heterocycles. The van der Waals surface area contributed by atoms with E-state index in [-0.39, 0.29) is 12.0 Å². The lowest BCUT2D eigenvalue weighted by Gasteiger charge is -2.33. The highest BCUT2D eigenvalue weighted by molar-refractivity contribution is 5.78. The number of benzene rings is 1. The molecule has 4 nitrogen and oxygen atoms in total. The van der Waals surface area contributed by atoms with Gasteiger partial charge in [-0.05, 0) is 18.1 Å². The molecule has 1 fully saturated rings. The van der Waals surface area contributed by atoms with Gasteiger partial charge in [0.1, 0.15) is 0 Å². The van der Waals surface area contributed by atoms with Crippen LogP contribution < -0.4 is 5.32 Å². The number of nitrogens with zero attached hydrogens (tertiary/aromatic N) is 1. The maximum absolute atomic E-state index is 12.5. The van der Waals surface area contributed by atoms with Crippen molar-refractivity contribution in [2.24, 2.45) is 0 Å². The Morgan fingerprint density at radius 2 is 2.30 bits per heavy atom. The molecule has 0 radical (unpaired) electrons. The van der Waals surface area contributed by atoms with E-state index in [2.05, 4.69) is 24.4 Å². The number of fused-ring (bicyclic) bond motifs is 1. The van der Waals surface area contributed by atoms with Gasteiger partial charge in [-0.15, -0.1) is 0 Å². The lowest BCUT2D eigenvalue weighted by atomic mass is 9.97. The second-order valence-corrected chi connectivity index (χ2v) is 5.61. The predicted octanol–water partition coefficient (Wildman–Crippen LogP) is 2.22. The fourth-order valence-corrected chi connectivity index (χ4v) is 3.07. The van der Waals surface area contributed by atoms with Gasteiger partial charge in [0.2, 0.25) is 5.91 Å². The lowest BCUT2D eigenvalue weighted by Crippen LogP contribution is -2.45. The van der Waals surface area contributed by atoms with Gasteiger partial charge < -0.3 is 15.0 Å². The minimum absolute atomic E-state index is 0.210. The van der Waals surface area contributed by atoms with E-state index in [4.69, 9.17) is 4.74 Å². The van der Waals surface area contributed by atoms with Crippen LogP contribution in [-0.2, 0) is 9.53 Å². The molecule has 2 unspecified atom stereocenters. The summed E-state index contributed by atoms with van der Waals surface area (Å²) in [5.41, 5.74) is 2.46. The first-order valence-electron chi connectivity index (χ1n) is 7.50. The Balaban J connectivity index is 1.62. The highest BCUT2D eigenvalue weighted by Crippen LogP contribution is 2.33. The molecule has 0 saturated carbocycles. The van der Waals surface area contributed by atoms with Crippen LogP contribution in [-0.4, -0.2) is 43.2 Å². The molecule has 0 bridgehead atoms. The summed E-state index contributed by atoms with van der Waals surface area (Å²) in [5.74, 6) is 0.567. The molecule has 2 atom stereocenters. The second kappa shape index (κ2) is 5.83. The summed E-state index contributed by atoms with van der Waals surface area (Å²) < 4.78 is 5.63. The first-order chi connectivity index (χ1) is 9.78. The number of para-hydroxylation sites is 1. The van der Waals surface area contributed by atoms with Crippen molar-refractivity contribution in [2.45, 2.75) is 31.8 Å². The molecule has 1 N–H and O–H groups in total. The van der Waals surface area contributed by atoms with Gasteiger partial charge in [-0.25, -0.2) is 0 Å². The molecule has 3 rings (SSSR count). The van der Waals surface area contributed by atoms with Gasteiger partial charge >= 0.3 is 0 Å². The third kappa shape index (κ3) is 2.66. The van der Waals surface area contributed by atoms with Crippen molar-refractivity contribution >= 4 is 11.6 Å². The van der Waals surface area contributed by atoms with Crippen LogP contribution >= 0.6 is 0 Å². The number of carbonyl (C=O) groups excluding carboxylic acids is 1. The van der Waals surface area contributed by atoms with Gasteiger partial charge in [0.25, 0.3) is 0 Å². The molecule has 1 amide bonds. The molecule has 1 aromatic rings. The van der Waals surface area contributed by atoms with Gasteiger partial charge in [-0.1, -0.05) is 25.1 Å². The molecule has 1 saturated heterocycles. The summed E-state index contributed by atoms with van der Waals surface area (Å²) in [6.45, 7) is 5.13. The normalized spacial score (nSPS) is 25.1. The zero-order valence-electron chi connectivity index (χ0n) is 12.0. The number of hydrogen-bond donors (Lipinski definition) is 1. The average molecular weight is 274 g/mol. The largest absolute Gasteiger partial charge is 0.384 e. The quantitative estimate of drug-likeness (QED) is 0.919. The summed E-state index contributed by atoms with van der Waals surface area (Å²) in [7, 11) is 0. The Labute approximate surface area is 120 Å². The van der Waals surface area contributed by atoms with Crippen LogP contribution in [0.1, 0.15) is 31.2 Å². The molecule has 108 valence electrons. The molecule has 20 heavy (non-hydrogen) atoms. The Morgan fingerprint density at radius 1 is 1.45 bits per heavy atom. The summed E-state index contributed by atoms with van der Waals surface area (Å²) in [6, 6.07) is 8.29. The summed E-state index contributed by atoms with van der Waals surface area (Å²) in [4.78, 5) is 14.4. The third-order valence-corrected chi connectivity index (χ3v) is 4.31. The minimum atomic E-state index is 0.210. The van der Waals surface area contributed by atoms with Crippen molar-refractivity contribution in [1.29, 1.82) is 0 Å². The number of carbonyl (C=O) groups is 1. The van der Waals surface area contributed by atoms with Crippen LogP contribution in [0.4, 0.5) is 5.69 Å². The van der Waals surface area contributed by atoms with Crippen LogP contribution in [0.2, 0.25) is 0 Å². The Morgan fingerprint density at radius 3 is 3.15 bits per heavy atom. The van der Waals surface area contributed by atoms with Crippen molar-refractivity contribution < 1.29 is 9.53 Å². The van der Waals surface area contributed by atoms with E-state index in [0.29, 0.717) is 18.9 Å². The zero-order chi connectivity index (χ0) is 13.9. The van der Waals surface area contributed by atoms with Crippen molar-refractivity contribution in [3.8, 4) is 0 Å². The molecular weight excluding hydrogens is 252 g/mol. The molecule has 2 heterocycles. The van der Waals surface area contributed by atoms with Crippen LogP contribution in [0.3, 0.4) is 0 Å². The molecular formula is C16H22N2O2. The van der Waals surface area contributed by atoms with E-state index < -0.39 is 0 Å². The number of amides is 1. The Hall–Kier alpha value is -1.55. The fraction of sp³-hybridized carbons (Fsp3) is 0.562. The highest BCUT2D eigenvalue weighted by atomic mass is 16.5. The number of hydrogen-bond acceptors (Lipinski definition) is 3. The van der Waals surface area contributed by atoms with E-state index in [1.165, 1.54) is 11.3 Å². The maximum atomic E-state index is 12.5. The molecule has 0 aromatic heterocycles. The molecule has 0 aliphatic carbocycles. The number of morpholine rings is 1. The van der Waals surface area contributed by atoms with Crippen molar-refractivity contribution in [1.82, 2.24) is 4.90 Å². The van der Waals surface area contributed by atoms with E-state index in [9.17, 15) is 4.79 Å². The molecule has 0 spiro atoms. The Kier molecular flexibility index (Phi) is 3.92. The van der Waals surface area contributed by atoms with Crippen LogP contribution in [0.25, 0.3) is 0 Å². The predicted molar refractivity (Wildman–Crippen MR) is 78.9 cm³/mol. The zero-order valence-corrected chi connectivity index (χ0v) is 12.0. The highest BCUT2D eigenvalue weighted by Gasteiger charge is 2.28. The van der Waals surface area contributed by atoms with Crippen LogP contribution in [0.15, 0.2) is 24.3 Å². The third-order valence-electron chi connectivity index (χ3n) is 4.31. The molecule has 4 heteroatoms. The number of nitrogens with one attached hydrogen (secondary N) is 1. The monoisotopic (exact) mass is 274 g/mol. The minimum Gasteiger partial charge on any atom is -0.384 e. The van der Waals surface area contributed by atoms with Gasteiger partial charge in [0.15, 0.2) is 0 Å². The lowest BCUT2D eigenvalue weighted by molar-refractivity contribution is -0.139. The van der Waals surface area contributed by atoms with E-state index in [1.54, 1.807) is 0 Å². The fourth-order valence-electron chi connectivity index (χ4n) is 3.07. The SMILES string of the molecule is CCC1CN(C(=O)CC2CNc3ccccc32)CCO1. The average Bonchev–Trinajstić information content (AvgIpc) is 2.90. The molecule has 1 aromatic carbocycles. The first-order valence-corrected chi connectivity index (χ1v) is 7.50. The van der Waals surface area contributed by atoms with Crippen molar-refractivity contribution in [2.75, 3.05) is 31.6 Å². The smallest absolute Gasteiger partial charge is 0.223 e. The van der Waals surface area contributed by atoms with Gasteiger partial charge in [0, 0.05) is 37.7 Å². The van der Waals surface area contributed by atoms with Gasteiger partial charge in [-0.3, -0.25) is 4.79 Å². The molecule has 2 aliphatic rings. The van der Waals surface area contributed by atoms with E-state index in [1.807, 2.05) is 17.0 Å². The summed E-state index contributed by atoms with van der Waals surface area (Å²) in [6.07, 6.45) is 1.78. The van der Waals surface area contributed by atoms with Crippen LogP contribution in [0.5, 0.6) is 0 Å². The van der Waals surface area contributed by atoms with Crippen molar-refractivity contribution in [3.05, 3.63) is 29.8 Å². The topological polar surface area (TPSA) is 41.6 Å². The maximum Gasteiger partial charge on any atom is 0.223 e. The standard InChI is InChI=1S/C16H22N2O2/c1-2-13-11-18(7-8-20-13)16(19)9-12-10-17-15-6-4-3-5-14(12)15/h3-6,12-13,17H,2,7-11H2,1H3. The van der Waals surface area contributed by atoms with Crippen molar-refractivity contribution in [3.63, 3.8) is 0 Å². The van der Waals surface area contributed by atoms with E-state index >= 15 is 0 Å². The number of anilines is 1. The van der Waals surface area contributed by atoms with Gasteiger partial charge in [-0.2, -0.15) is 0 Å². The number of ether oxygens (including phenoxy) is 1.